The van der Waals surface area contributed by atoms with Gasteiger partial charge in [-0.15, -0.1) is 0 Å². The molecule has 3 rings (SSSR count). The predicted octanol–water partition coefficient (Wildman–Crippen LogP) is 3.00. The molecule has 1 aromatic heterocycles. The second-order valence-corrected chi connectivity index (χ2v) is 7.22. The smallest absolute Gasteiger partial charge is 0.265 e. The number of nitrogens with zero attached hydrogens (tertiary/aromatic N) is 1. The van der Waals surface area contributed by atoms with Crippen molar-refractivity contribution in [1.29, 1.82) is 0 Å². The van der Waals surface area contributed by atoms with Gasteiger partial charge in [-0.05, 0) is 38.0 Å². The zero-order valence-electron chi connectivity index (χ0n) is 12.4. The normalized spacial score (nSPS) is 20.0. The summed E-state index contributed by atoms with van der Waals surface area (Å²) in [6.07, 6.45) is 10.0. The molecular weight excluding hydrogens is 284 g/mol. The second-order valence-electron chi connectivity index (χ2n) is 6.22. The van der Waals surface area contributed by atoms with Crippen LogP contribution >= 0.6 is 11.3 Å². The third kappa shape index (κ3) is 3.67. The van der Waals surface area contributed by atoms with Gasteiger partial charge in [0.1, 0.15) is 10.7 Å². The fourth-order valence-corrected chi connectivity index (χ4v) is 3.87. The number of nitrogen functional groups attached to an aromatic ring is 1. The highest BCUT2D eigenvalue weighted by atomic mass is 32.1. The first kappa shape index (κ1) is 14.6. The van der Waals surface area contributed by atoms with Crippen LogP contribution in [0.4, 0.5) is 10.9 Å². The van der Waals surface area contributed by atoms with Gasteiger partial charge >= 0.3 is 0 Å². The second kappa shape index (κ2) is 6.64. The van der Waals surface area contributed by atoms with Crippen LogP contribution in [0.1, 0.15) is 61.0 Å². The fourth-order valence-electron chi connectivity index (χ4n) is 2.99. The molecule has 1 heterocycles. The molecule has 2 aliphatic rings. The molecule has 0 spiro atoms. The lowest BCUT2D eigenvalue weighted by Gasteiger charge is -2.25. The number of rotatable bonds is 5. The average molecular weight is 308 g/mol. The number of carbonyl (C=O) groups excluding carboxylic acids is 1. The van der Waals surface area contributed by atoms with Gasteiger partial charge in [0.25, 0.3) is 5.91 Å². The first-order valence-electron chi connectivity index (χ1n) is 8.03. The first-order chi connectivity index (χ1) is 10.2. The molecule has 0 unspecified atom stereocenters. The molecule has 2 aliphatic carbocycles. The van der Waals surface area contributed by atoms with Crippen LogP contribution in [0, 0.1) is 5.92 Å². The topological polar surface area (TPSA) is 80.0 Å². The van der Waals surface area contributed by atoms with Crippen molar-refractivity contribution in [3.05, 3.63) is 4.88 Å². The third-order valence-electron chi connectivity index (χ3n) is 4.57. The molecule has 2 saturated carbocycles. The summed E-state index contributed by atoms with van der Waals surface area (Å²) in [6, 6.07) is 0.508. The van der Waals surface area contributed by atoms with Gasteiger partial charge in [-0.25, -0.2) is 4.98 Å². The van der Waals surface area contributed by atoms with Crippen molar-refractivity contribution in [2.45, 2.75) is 57.4 Å². The van der Waals surface area contributed by atoms with Crippen LogP contribution in [0.2, 0.25) is 0 Å². The summed E-state index contributed by atoms with van der Waals surface area (Å²) < 4.78 is 0. The van der Waals surface area contributed by atoms with Crippen LogP contribution in [0.3, 0.4) is 0 Å². The molecule has 0 aromatic carbocycles. The molecule has 0 saturated heterocycles. The van der Waals surface area contributed by atoms with Crippen LogP contribution in [0.25, 0.3) is 0 Å². The number of aromatic nitrogens is 1. The van der Waals surface area contributed by atoms with E-state index in [-0.39, 0.29) is 5.91 Å². The highest BCUT2D eigenvalue weighted by Gasteiger charge is 2.22. The van der Waals surface area contributed by atoms with E-state index in [1.165, 1.54) is 62.7 Å². The molecule has 4 N–H and O–H groups in total. The minimum absolute atomic E-state index is 0.0720. The summed E-state index contributed by atoms with van der Waals surface area (Å²) in [5, 5.41) is 7.15. The van der Waals surface area contributed by atoms with Gasteiger partial charge in [-0.3, -0.25) is 4.79 Å². The van der Waals surface area contributed by atoms with E-state index < -0.39 is 0 Å². The predicted molar refractivity (Wildman–Crippen MR) is 86.7 cm³/mol. The Hall–Kier alpha value is -1.30. The number of hydrogen-bond acceptors (Lipinski definition) is 5. The summed E-state index contributed by atoms with van der Waals surface area (Å²) in [7, 11) is 0. The van der Waals surface area contributed by atoms with Crippen LogP contribution in [-0.4, -0.2) is 23.5 Å². The van der Waals surface area contributed by atoms with Crippen molar-refractivity contribution < 1.29 is 4.79 Å². The van der Waals surface area contributed by atoms with E-state index in [1.807, 2.05) is 0 Å². The lowest BCUT2D eigenvalue weighted by atomic mass is 9.89. The van der Waals surface area contributed by atoms with Crippen molar-refractivity contribution in [3.8, 4) is 0 Å². The molecule has 0 radical (unpaired) electrons. The van der Waals surface area contributed by atoms with Crippen LogP contribution < -0.4 is 16.4 Å². The molecule has 6 heteroatoms. The maximum absolute atomic E-state index is 12.2. The lowest BCUT2D eigenvalue weighted by Crippen LogP contribution is -2.30. The van der Waals surface area contributed by atoms with Crippen LogP contribution in [0.5, 0.6) is 0 Å². The summed E-state index contributed by atoms with van der Waals surface area (Å²) in [6.45, 7) is 0.765. The maximum Gasteiger partial charge on any atom is 0.265 e. The fraction of sp³-hybridized carbons (Fsp3) is 0.733. The number of amides is 1. The Kier molecular flexibility index (Phi) is 4.63. The zero-order chi connectivity index (χ0) is 14.7. The third-order valence-corrected chi connectivity index (χ3v) is 5.57. The molecule has 2 fully saturated rings. The molecule has 0 bridgehead atoms. The van der Waals surface area contributed by atoms with E-state index in [1.54, 1.807) is 0 Å². The lowest BCUT2D eigenvalue weighted by molar-refractivity contribution is 0.0948. The van der Waals surface area contributed by atoms with E-state index in [4.69, 9.17) is 5.73 Å². The van der Waals surface area contributed by atoms with Crippen molar-refractivity contribution in [1.82, 2.24) is 10.3 Å². The average Bonchev–Trinajstić information content (AvgIpc) is 2.82. The number of nitrogens with two attached hydrogens (primary N) is 1. The Morgan fingerprint density at radius 2 is 1.95 bits per heavy atom. The van der Waals surface area contributed by atoms with E-state index >= 15 is 0 Å². The summed E-state index contributed by atoms with van der Waals surface area (Å²) in [4.78, 5) is 17.1. The number of carbonyl (C=O) groups is 1. The molecule has 0 atom stereocenters. The van der Waals surface area contributed by atoms with E-state index in [0.717, 1.165) is 11.7 Å². The summed E-state index contributed by atoms with van der Waals surface area (Å²) in [5.41, 5.74) is 5.88. The van der Waals surface area contributed by atoms with Gasteiger partial charge in [-0.2, -0.15) is 0 Å². The van der Waals surface area contributed by atoms with Gasteiger partial charge in [-0.1, -0.05) is 30.6 Å². The summed E-state index contributed by atoms with van der Waals surface area (Å²) >= 11 is 1.37. The standard InChI is InChI=1S/C15H24N4OS/c16-13-12(21-15(19-13)18-11-7-4-8-11)14(20)17-9-10-5-2-1-3-6-10/h10-11H,1-9,16H2,(H,17,20)(H,18,19). The monoisotopic (exact) mass is 308 g/mol. The molecule has 21 heavy (non-hydrogen) atoms. The van der Waals surface area contributed by atoms with Crippen molar-refractivity contribution in [2.24, 2.45) is 5.92 Å². The van der Waals surface area contributed by atoms with Gasteiger partial charge in [0.15, 0.2) is 5.13 Å². The zero-order valence-corrected chi connectivity index (χ0v) is 13.2. The number of anilines is 2. The number of thiazole rings is 1. The van der Waals surface area contributed by atoms with Crippen LogP contribution in [-0.2, 0) is 0 Å². The largest absolute Gasteiger partial charge is 0.382 e. The Morgan fingerprint density at radius 3 is 2.62 bits per heavy atom. The van der Waals surface area contributed by atoms with Gasteiger partial charge < -0.3 is 16.4 Å². The summed E-state index contributed by atoms with van der Waals surface area (Å²) in [5.74, 6) is 0.907. The molecule has 1 aromatic rings. The minimum Gasteiger partial charge on any atom is -0.382 e. The first-order valence-corrected chi connectivity index (χ1v) is 8.85. The number of hydrogen-bond donors (Lipinski definition) is 3. The molecule has 0 aliphatic heterocycles. The van der Waals surface area contributed by atoms with Crippen molar-refractivity contribution in [3.63, 3.8) is 0 Å². The quantitative estimate of drug-likeness (QED) is 0.781. The minimum atomic E-state index is -0.0720. The highest BCUT2D eigenvalue weighted by Crippen LogP contribution is 2.29. The van der Waals surface area contributed by atoms with E-state index in [2.05, 4.69) is 15.6 Å². The Bertz CT molecular complexity index is 492. The van der Waals surface area contributed by atoms with Crippen LogP contribution in [0.15, 0.2) is 0 Å². The van der Waals surface area contributed by atoms with Crippen molar-refractivity contribution in [2.75, 3.05) is 17.6 Å². The molecule has 1 amide bonds. The molecular formula is C15H24N4OS. The number of nitrogens with one attached hydrogen (secondary N) is 2. The van der Waals surface area contributed by atoms with E-state index in [9.17, 15) is 4.79 Å². The Balaban J connectivity index is 1.53. The van der Waals surface area contributed by atoms with Gasteiger partial charge in [0.2, 0.25) is 0 Å². The van der Waals surface area contributed by atoms with Gasteiger partial charge in [0, 0.05) is 12.6 Å². The molecule has 5 nitrogen and oxygen atoms in total. The maximum atomic E-state index is 12.2. The van der Waals surface area contributed by atoms with Crippen molar-refractivity contribution >= 4 is 28.2 Å². The Morgan fingerprint density at radius 1 is 1.19 bits per heavy atom. The highest BCUT2D eigenvalue weighted by molar-refractivity contribution is 7.18. The Labute approximate surface area is 129 Å². The molecule has 116 valence electrons. The SMILES string of the molecule is Nc1nc(NC2CCC2)sc1C(=O)NCC1CCCCC1. The van der Waals surface area contributed by atoms with Gasteiger partial charge in [0.05, 0.1) is 0 Å². The van der Waals surface area contributed by atoms with E-state index in [0.29, 0.717) is 22.7 Å².